The van der Waals surface area contributed by atoms with Crippen molar-refractivity contribution < 1.29 is 22.7 Å². The Kier molecular flexibility index (Phi) is 2.67. The number of ether oxygens (including phenoxy) is 1. The maximum absolute atomic E-state index is 13.7. The van der Waals surface area contributed by atoms with Crippen LogP contribution >= 0.6 is 0 Å². The molecule has 0 radical (unpaired) electrons. The van der Waals surface area contributed by atoms with Crippen LogP contribution in [-0.2, 0) is 15.4 Å². The molecule has 0 aromatic heterocycles. The minimum Gasteiger partial charge on any atom is -0.496 e. The average molecular weight is 260 g/mol. The van der Waals surface area contributed by atoms with Crippen molar-refractivity contribution in [3.63, 3.8) is 0 Å². The van der Waals surface area contributed by atoms with Crippen LogP contribution in [0.3, 0.4) is 0 Å². The van der Waals surface area contributed by atoms with Crippen molar-refractivity contribution in [2.45, 2.75) is 23.3 Å². The minimum absolute atomic E-state index is 0.201. The summed E-state index contributed by atoms with van der Waals surface area (Å²) in [6, 6.07) is 2.17. The fraction of sp³-hybridized carbons (Fsp3) is 0.455. The van der Waals surface area contributed by atoms with Crippen LogP contribution in [0.25, 0.3) is 0 Å². The number of aliphatic hydroxyl groups is 1. The van der Waals surface area contributed by atoms with Crippen LogP contribution in [-0.4, -0.2) is 26.9 Å². The first-order valence-electron chi connectivity index (χ1n) is 5.08. The Morgan fingerprint density at radius 2 is 2.00 bits per heavy atom. The SMILES string of the molecule is COc1cc(S(C)(=O)=O)c(F)cc1C1(O)CC1. The molecule has 0 saturated heterocycles. The van der Waals surface area contributed by atoms with Crippen LogP contribution in [0, 0.1) is 5.82 Å². The largest absolute Gasteiger partial charge is 0.496 e. The van der Waals surface area contributed by atoms with Crippen molar-refractivity contribution in [2.75, 3.05) is 13.4 Å². The molecule has 1 aliphatic carbocycles. The van der Waals surface area contributed by atoms with Gasteiger partial charge in [-0.1, -0.05) is 0 Å². The van der Waals surface area contributed by atoms with Gasteiger partial charge in [0.15, 0.2) is 9.84 Å². The lowest BCUT2D eigenvalue weighted by Gasteiger charge is -2.15. The molecular formula is C11H13FO4S. The first kappa shape index (κ1) is 12.3. The number of halogens is 1. The quantitative estimate of drug-likeness (QED) is 0.887. The van der Waals surface area contributed by atoms with Gasteiger partial charge in [-0.25, -0.2) is 12.8 Å². The molecule has 0 bridgehead atoms. The highest BCUT2D eigenvalue weighted by atomic mass is 32.2. The van der Waals surface area contributed by atoms with Crippen LogP contribution < -0.4 is 4.74 Å². The minimum atomic E-state index is -3.64. The average Bonchev–Trinajstić information content (AvgIpc) is 2.95. The highest BCUT2D eigenvalue weighted by Gasteiger charge is 2.45. The topological polar surface area (TPSA) is 63.6 Å². The Bertz CT molecular complexity index is 561. The fourth-order valence-electron chi connectivity index (χ4n) is 1.74. The van der Waals surface area contributed by atoms with Crippen molar-refractivity contribution in [1.82, 2.24) is 0 Å². The Morgan fingerprint density at radius 3 is 2.41 bits per heavy atom. The van der Waals surface area contributed by atoms with Gasteiger partial charge in [-0.3, -0.25) is 0 Å². The molecular weight excluding hydrogens is 247 g/mol. The molecule has 1 fully saturated rings. The molecule has 0 atom stereocenters. The number of hydrogen-bond donors (Lipinski definition) is 1. The van der Waals surface area contributed by atoms with E-state index in [1.807, 2.05) is 0 Å². The number of hydrogen-bond acceptors (Lipinski definition) is 4. The van der Waals surface area contributed by atoms with E-state index < -0.39 is 26.2 Å². The molecule has 1 aromatic carbocycles. The Hall–Kier alpha value is -1.14. The summed E-state index contributed by atoms with van der Waals surface area (Å²) in [4.78, 5) is -0.414. The summed E-state index contributed by atoms with van der Waals surface area (Å²) in [6.45, 7) is 0. The summed E-state index contributed by atoms with van der Waals surface area (Å²) in [5.74, 6) is -0.657. The summed E-state index contributed by atoms with van der Waals surface area (Å²) in [7, 11) is -2.29. The summed E-state index contributed by atoms with van der Waals surface area (Å²) in [5.41, 5.74) is -0.757. The molecule has 0 spiro atoms. The third-order valence-electron chi connectivity index (χ3n) is 2.88. The van der Waals surface area contributed by atoms with Crippen LogP contribution in [0.5, 0.6) is 5.75 Å². The molecule has 4 nitrogen and oxygen atoms in total. The second-order valence-electron chi connectivity index (χ2n) is 4.29. The van der Waals surface area contributed by atoms with Gasteiger partial charge in [0.1, 0.15) is 16.5 Å². The second kappa shape index (κ2) is 3.68. The van der Waals surface area contributed by atoms with Gasteiger partial charge in [-0.15, -0.1) is 0 Å². The number of rotatable bonds is 3. The van der Waals surface area contributed by atoms with E-state index in [9.17, 15) is 17.9 Å². The number of methoxy groups -OCH3 is 1. The van der Waals surface area contributed by atoms with E-state index in [4.69, 9.17) is 4.74 Å². The summed E-state index contributed by atoms with van der Waals surface area (Å²) in [6.07, 6.45) is 1.98. The highest BCUT2D eigenvalue weighted by molar-refractivity contribution is 7.90. The molecule has 1 aromatic rings. The first-order chi connectivity index (χ1) is 7.78. The third-order valence-corrected chi connectivity index (χ3v) is 3.99. The summed E-state index contributed by atoms with van der Waals surface area (Å²) >= 11 is 0. The molecule has 1 N–H and O–H groups in total. The summed E-state index contributed by atoms with van der Waals surface area (Å²) in [5, 5.41) is 9.93. The zero-order valence-corrected chi connectivity index (χ0v) is 10.3. The molecule has 0 heterocycles. The van der Waals surface area contributed by atoms with Crippen molar-refractivity contribution in [3.05, 3.63) is 23.5 Å². The van der Waals surface area contributed by atoms with Crippen molar-refractivity contribution in [3.8, 4) is 5.75 Å². The zero-order valence-electron chi connectivity index (χ0n) is 9.53. The molecule has 0 amide bonds. The number of benzene rings is 1. The Labute approximate surface area is 98.9 Å². The molecule has 1 aliphatic rings. The lowest BCUT2D eigenvalue weighted by molar-refractivity contribution is 0.146. The lowest BCUT2D eigenvalue weighted by atomic mass is 10.1. The molecule has 0 unspecified atom stereocenters. The smallest absolute Gasteiger partial charge is 0.178 e. The Morgan fingerprint density at radius 1 is 1.41 bits per heavy atom. The Balaban J connectivity index is 2.63. The standard InChI is InChI=1S/C11H13FO4S/c1-16-9-6-10(17(2,14)15)8(12)5-7(9)11(13)3-4-11/h5-6,13H,3-4H2,1-2H3. The van der Waals surface area contributed by atoms with Gasteiger partial charge in [0.25, 0.3) is 0 Å². The van der Waals surface area contributed by atoms with Gasteiger partial charge in [-0.2, -0.15) is 0 Å². The van der Waals surface area contributed by atoms with Crippen LogP contribution in [0.1, 0.15) is 18.4 Å². The van der Waals surface area contributed by atoms with Gasteiger partial charge in [0.2, 0.25) is 0 Å². The fourth-order valence-corrected chi connectivity index (χ4v) is 2.47. The van der Waals surface area contributed by atoms with E-state index in [-0.39, 0.29) is 5.75 Å². The zero-order chi connectivity index (χ0) is 12.8. The van der Waals surface area contributed by atoms with Crippen molar-refractivity contribution in [1.29, 1.82) is 0 Å². The molecule has 0 aliphatic heterocycles. The predicted molar refractivity (Wildman–Crippen MR) is 59.2 cm³/mol. The summed E-state index contributed by atoms with van der Waals surface area (Å²) < 4.78 is 41.4. The van der Waals surface area contributed by atoms with Crippen LogP contribution in [0.15, 0.2) is 17.0 Å². The van der Waals surface area contributed by atoms with Gasteiger partial charge < -0.3 is 9.84 Å². The van der Waals surface area contributed by atoms with Gasteiger partial charge in [0, 0.05) is 17.9 Å². The first-order valence-corrected chi connectivity index (χ1v) is 6.97. The predicted octanol–water partition coefficient (Wildman–Crippen LogP) is 1.22. The number of sulfone groups is 1. The molecule has 1 saturated carbocycles. The highest BCUT2D eigenvalue weighted by Crippen LogP contribution is 2.49. The van der Waals surface area contributed by atoms with E-state index in [0.29, 0.717) is 18.4 Å². The second-order valence-corrected chi connectivity index (χ2v) is 6.27. The van der Waals surface area contributed by atoms with Crippen molar-refractivity contribution >= 4 is 9.84 Å². The molecule has 6 heteroatoms. The molecule has 2 rings (SSSR count). The van der Waals surface area contributed by atoms with E-state index in [0.717, 1.165) is 18.4 Å². The van der Waals surface area contributed by atoms with E-state index in [1.165, 1.54) is 7.11 Å². The van der Waals surface area contributed by atoms with Gasteiger partial charge >= 0.3 is 0 Å². The monoisotopic (exact) mass is 260 g/mol. The van der Waals surface area contributed by atoms with Crippen LogP contribution in [0.4, 0.5) is 4.39 Å². The van der Waals surface area contributed by atoms with E-state index in [1.54, 1.807) is 0 Å². The lowest BCUT2D eigenvalue weighted by Crippen LogP contribution is -2.10. The van der Waals surface area contributed by atoms with Gasteiger partial charge in [-0.05, 0) is 18.9 Å². The van der Waals surface area contributed by atoms with Crippen LogP contribution in [0.2, 0.25) is 0 Å². The van der Waals surface area contributed by atoms with Crippen molar-refractivity contribution in [2.24, 2.45) is 0 Å². The molecule has 17 heavy (non-hydrogen) atoms. The van der Waals surface area contributed by atoms with Gasteiger partial charge in [0.05, 0.1) is 12.7 Å². The maximum atomic E-state index is 13.7. The van der Waals surface area contributed by atoms with E-state index in [2.05, 4.69) is 0 Å². The van der Waals surface area contributed by atoms with E-state index >= 15 is 0 Å². The normalized spacial score (nSPS) is 17.9. The third kappa shape index (κ3) is 2.14. The maximum Gasteiger partial charge on any atom is 0.178 e. The molecule has 94 valence electrons.